The van der Waals surface area contributed by atoms with Gasteiger partial charge in [-0.05, 0) is 44.0 Å². The molecular formula is C23H29N3O3. The van der Waals surface area contributed by atoms with Crippen molar-refractivity contribution in [3.63, 3.8) is 0 Å². The van der Waals surface area contributed by atoms with Crippen molar-refractivity contribution in [2.45, 2.75) is 45.9 Å². The van der Waals surface area contributed by atoms with Crippen LogP contribution in [0.1, 0.15) is 37.0 Å². The Balaban J connectivity index is 1.70. The molecule has 0 spiro atoms. The van der Waals surface area contributed by atoms with Crippen LogP contribution in [0.25, 0.3) is 0 Å². The lowest BCUT2D eigenvalue weighted by Gasteiger charge is -2.26. The first-order chi connectivity index (χ1) is 14.0. The molecule has 0 radical (unpaired) electrons. The van der Waals surface area contributed by atoms with Crippen molar-refractivity contribution >= 4 is 11.7 Å². The average molecular weight is 396 g/mol. The highest BCUT2D eigenvalue weighted by molar-refractivity contribution is 6.02. The third-order valence-electron chi connectivity index (χ3n) is 4.82. The number of carbonyl (C=O) groups excluding carboxylic acids is 1. The molecule has 1 N–H and O–H groups in total. The van der Waals surface area contributed by atoms with Gasteiger partial charge >= 0.3 is 6.03 Å². The van der Waals surface area contributed by atoms with Gasteiger partial charge in [-0.1, -0.05) is 41.6 Å². The molecule has 6 heteroatoms. The molecule has 0 aromatic heterocycles. The Kier molecular flexibility index (Phi) is 6.75. The predicted octanol–water partition coefficient (Wildman–Crippen LogP) is 4.12. The normalized spacial score (nSPS) is 15.6. The Morgan fingerprint density at radius 1 is 1.28 bits per heavy atom. The van der Waals surface area contributed by atoms with Crippen LogP contribution >= 0.6 is 0 Å². The van der Waals surface area contributed by atoms with Crippen molar-refractivity contribution in [2.75, 3.05) is 13.7 Å². The van der Waals surface area contributed by atoms with E-state index >= 15 is 0 Å². The topological polar surface area (TPSA) is 63.2 Å². The summed E-state index contributed by atoms with van der Waals surface area (Å²) in [5, 5.41) is 7.27. The molecule has 2 aromatic carbocycles. The number of methoxy groups -OCH3 is 1. The van der Waals surface area contributed by atoms with Crippen LogP contribution in [-0.4, -0.2) is 42.4 Å². The van der Waals surface area contributed by atoms with Crippen LogP contribution in [0.2, 0.25) is 0 Å². The minimum Gasteiger partial charge on any atom is -0.497 e. The standard InChI is InChI=1S/C23H29N3O3/c1-16(2)24-23(27)26(14-18-9-7-10-19(12-18)28-4)15-20-13-22(25-29-20)21-11-6-5-8-17(21)3/h5-12,16,20H,13-15H2,1-4H3,(H,24,27)/t20-/m1/s1. The summed E-state index contributed by atoms with van der Waals surface area (Å²) in [5.41, 5.74) is 4.20. The van der Waals surface area contributed by atoms with Gasteiger partial charge in [0.2, 0.25) is 0 Å². The second kappa shape index (κ2) is 9.45. The summed E-state index contributed by atoms with van der Waals surface area (Å²) in [4.78, 5) is 20.3. The van der Waals surface area contributed by atoms with Gasteiger partial charge in [0.1, 0.15) is 5.75 Å². The monoisotopic (exact) mass is 395 g/mol. The number of urea groups is 1. The van der Waals surface area contributed by atoms with E-state index in [4.69, 9.17) is 9.57 Å². The van der Waals surface area contributed by atoms with Crippen LogP contribution < -0.4 is 10.1 Å². The number of ether oxygens (including phenoxy) is 1. The molecule has 154 valence electrons. The summed E-state index contributed by atoms with van der Waals surface area (Å²) in [7, 11) is 1.64. The molecule has 1 atom stereocenters. The number of hydrogen-bond acceptors (Lipinski definition) is 4. The molecule has 2 aromatic rings. The van der Waals surface area contributed by atoms with Crippen molar-refractivity contribution in [1.82, 2.24) is 10.2 Å². The number of rotatable bonds is 7. The van der Waals surface area contributed by atoms with Crippen molar-refractivity contribution in [2.24, 2.45) is 5.16 Å². The van der Waals surface area contributed by atoms with Crippen LogP contribution in [0.4, 0.5) is 4.79 Å². The van der Waals surface area contributed by atoms with E-state index in [9.17, 15) is 4.79 Å². The molecule has 29 heavy (non-hydrogen) atoms. The molecule has 2 amide bonds. The van der Waals surface area contributed by atoms with Gasteiger partial charge in [-0.3, -0.25) is 0 Å². The highest BCUT2D eigenvalue weighted by Crippen LogP contribution is 2.21. The van der Waals surface area contributed by atoms with Crippen molar-refractivity contribution < 1.29 is 14.4 Å². The molecule has 0 fully saturated rings. The smallest absolute Gasteiger partial charge is 0.318 e. The zero-order valence-corrected chi connectivity index (χ0v) is 17.5. The lowest BCUT2D eigenvalue weighted by Crippen LogP contribution is -2.45. The molecule has 0 unspecified atom stereocenters. The van der Waals surface area contributed by atoms with Crippen LogP contribution in [0.15, 0.2) is 53.7 Å². The van der Waals surface area contributed by atoms with Crippen molar-refractivity contribution in [1.29, 1.82) is 0 Å². The first-order valence-electron chi connectivity index (χ1n) is 9.93. The van der Waals surface area contributed by atoms with Gasteiger partial charge in [-0.2, -0.15) is 0 Å². The Morgan fingerprint density at radius 3 is 2.79 bits per heavy atom. The second-order valence-corrected chi connectivity index (χ2v) is 7.62. The summed E-state index contributed by atoms with van der Waals surface area (Å²) in [5.74, 6) is 0.772. The van der Waals surface area contributed by atoms with Crippen LogP contribution in [-0.2, 0) is 11.4 Å². The maximum atomic E-state index is 12.8. The summed E-state index contributed by atoms with van der Waals surface area (Å²) in [6.07, 6.45) is 0.502. The highest BCUT2D eigenvalue weighted by Gasteiger charge is 2.27. The Hall–Kier alpha value is -3.02. The maximum Gasteiger partial charge on any atom is 0.318 e. The fraction of sp³-hybridized carbons (Fsp3) is 0.391. The fourth-order valence-corrected chi connectivity index (χ4v) is 3.38. The van der Waals surface area contributed by atoms with E-state index in [0.717, 1.165) is 22.6 Å². The number of amides is 2. The van der Waals surface area contributed by atoms with Crippen LogP contribution in [0.5, 0.6) is 5.75 Å². The molecule has 0 saturated heterocycles. The van der Waals surface area contributed by atoms with Gasteiger partial charge in [-0.25, -0.2) is 4.79 Å². The number of nitrogens with one attached hydrogen (secondary N) is 1. The first-order valence-corrected chi connectivity index (χ1v) is 9.93. The van der Waals surface area contributed by atoms with E-state index in [1.807, 2.05) is 50.2 Å². The highest BCUT2D eigenvalue weighted by atomic mass is 16.6. The number of hydrogen-bond donors (Lipinski definition) is 1. The largest absolute Gasteiger partial charge is 0.497 e. The van der Waals surface area contributed by atoms with E-state index in [1.54, 1.807) is 12.0 Å². The molecule has 1 heterocycles. The molecular weight excluding hydrogens is 366 g/mol. The summed E-state index contributed by atoms with van der Waals surface area (Å²) in [6.45, 7) is 6.89. The number of carbonyl (C=O) groups is 1. The van der Waals surface area contributed by atoms with Gasteiger partial charge < -0.3 is 19.8 Å². The van der Waals surface area contributed by atoms with E-state index < -0.39 is 0 Å². The predicted molar refractivity (Wildman–Crippen MR) is 114 cm³/mol. The quantitative estimate of drug-likeness (QED) is 0.767. The molecule has 0 aliphatic carbocycles. The van der Waals surface area contributed by atoms with Gasteiger partial charge in [0, 0.05) is 24.6 Å². The summed E-state index contributed by atoms with van der Waals surface area (Å²) < 4.78 is 5.31. The van der Waals surface area contributed by atoms with Crippen LogP contribution in [0.3, 0.4) is 0 Å². The zero-order valence-electron chi connectivity index (χ0n) is 17.5. The molecule has 0 bridgehead atoms. The third kappa shape index (κ3) is 5.50. The van der Waals surface area contributed by atoms with Gasteiger partial charge in [0.25, 0.3) is 0 Å². The van der Waals surface area contributed by atoms with E-state index in [0.29, 0.717) is 19.5 Å². The lowest BCUT2D eigenvalue weighted by molar-refractivity contribution is 0.0586. The average Bonchev–Trinajstić information content (AvgIpc) is 3.16. The molecule has 0 saturated carbocycles. The Labute approximate surface area is 172 Å². The lowest BCUT2D eigenvalue weighted by atomic mass is 10.0. The maximum absolute atomic E-state index is 12.8. The van der Waals surface area contributed by atoms with Crippen LogP contribution in [0, 0.1) is 6.92 Å². The number of nitrogens with zero attached hydrogens (tertiary/aromatic N) is 2. The van der Waals surface area contributed by atoms with E-state index in [2.05, 4.69) is 29.5 Å². The number of aryl methyl sites for hydroxylation is 1. The third-order valence-corrected chi connectivity index (χ3v) is 4.82. The summed E-state index contributed by atoms with van der Waals surface area (Å²) in [6, 6.07) is 15.8. The number of oxime groups is 1. The van der Waals surface area contributed by atoms with Gasteiger partial charge in [0.15, 0.2) is 6.10 Å². The molecule has 3 rings (SSSR count). The molecule has 6 nitrogen and oxygen atoms in total. The molecule has 1 aliphatic heterocycles. The minimum atomic E-state index is -0.173. The first kappa shape index (κ1) is 20.7. The van der Waals surface area contributed by atoms with E-state index in [1.165, 1.54) is 5.56 Å². The Bertz CT molecular complexity index is 879. The Morgan fingerprint density at radius 2 is 2.07 bits per heavy atom. The van der Waals surface area contributed by atoms with Crippen molar-refractivity contribution in [3.8, 4) is 5.75 Å². The fourth-order valence-electron chi connectivity index (χ4n) is 3.38. The minimum absolute atomic E-state index is 0.0542. The van der Waals surface area contributed by atoms with Gasteiger partial charge in [0.05, 0.1) is 19.4 Å². The number of benzene rings is 2. The SMILES string of the molecule is COc1cccc(CN(C[C@H]2CC(c3ccccc3C)=NO2)C(=O)NC(C)C)c1. The zero-order chi connectivity index (χ0) is 20.8. The van der Waals surface area contributed by atoms with E-state index in [-0.39, 0.29) is 18.2 Å². The summed E-state index contributed by atoms with van der Waals surface area (Å²) >= 11 is 0. The van der Waals surface area contributed by atoms with Gasteiger partial charge in [-0.15, -0.1) is 0 Å². The van der Waals surface area contributed by atoms with Crippen molar-refractivity contribution in [3.05, 3.63) is 65.2 Å². The molecule has 1 aliphatic rings. The second-order valence-electron chi connectivity index (χ2n) is 7.62.